The summed E-state index contributed by atoms with van der Waals surface area (Å²) in [6.45, 7) is 16.0. The zero-order valence-corrected chi connectivity index (χ0v) is 19.4. The molecular weight excluding hydrogens is 378 g/mol. The van der Waals surface area contributed by atoms with Gasteiger partial charge in [-0.3, -0.25) is 10.00 Å². The summed E-state index contributed by atoms with van der Waals surface area (Å²) in [7, 11) is 0. The van der Waals surface area contributed by atoms with Gasteiger partial charge in [0.15, 0.2) is 0 Å². The van der Waals surface area contributed by atoms with Gasteiger partial charge in [-0.1, -0.05) is 48.5 Å². The Labute approximate surface area is 181 Å². The number of carbonyl (C=O) groups excluding carboxylic acids is 1. The molecule has 1 aromatic carbocycles. The van der Waals surface area contributed by atoms with Crippen molar-refractivity contribution in [3.63, 3.8) is 0 Å². The van der Waals surface area contributed by atoms with Crippen molar-refractivity contribution in [1.82, 2.24) is 9.78 Å². The van der Waals surface area contributed by atoms with Crippen LogP contribution in [0.3, 0.4) is 0 Å². The molecule has 0 aliphatic rings. The van der Waals surface area contributed by atoms with Gasteiger partial charge in [0.05, 0.1) is 18.8 Å². The van der Waals surface area contributed by atoms with Crippen molar-refractivity contribution >= 4 is 11.8 Å². The van der Waals surface area contributed by atoms with E-state index in [1.54, 1.807) is 0 Å². The van der Waals surface area contributed by atoms with Crippen molar-refractivity contribution in [1.29, 1.82) is 0 Å². The Morgan fingerprint density at radius 2 is 1.73 bits per heavy atom. The van der Waals surface area contributed by atoms with Gasteiger partial charge in [0, 0.05) is 11.4 Å². The minimum atomic E-state index is -0.460. The van der Waals surface area contributed by atoms with E-state index in [0.717, 1.165) is 23.6 Å². The number of hydrogen-bond donors (Lipinski definition) is 1. The minimum absolute atomic E-state index is 0.160. The van der Waals surface area contributed by atoms with Gasteiger partial charge in [0.25, 0.3) is 0 Å². The van der Waals surface area contributed by atoms with Crippen molar-refractivity contribution in [3.05, 3.63) is 41.7 Å². The smallest absolute Gasteiger partial charge is 0.411 e. The lowest BCUT2D eigenvalue weighted by atomic mass is 10.1. The number of benzene rings is 1. The number of nitrogens with one attached hydrogen (secondary N) is 1. The normalized spacial score (nSPS) is 12.5. The quantitative estimate of drug-likeness (QED) is 0.502. The van der Waals surface area contributed by atoms with Gasteiger partial charge >= 0.3 is 6.09 Å². The molecule has 0 bridgehead atoms. The predicted octanol–water partition coefficient (Wildman–Crippen LogP) is 6.19. The molecule has 0 fully saturated rings. The van der Waals surface area contributed by atoms with Gasteiger partial charge in [-0.05, 0) is 54.5 Å². The second-order valence-electron chi connectivity index (χ2n) is 8.67. The average Bonchev–Trinajstić information content (AvgIpc) is 3.11. The SMILES string of the molecule is CCCOc1ccc(NC(=O)O[C@@H](Cn2nc(C(C)C)cc2C(C)C)C(C)C)cc1. The van der Waals surface area contributed by atoms with E-state index in [2.05, 4.69) is 59.8 Å². The fourth-order valence-electron chi connectivity index (χ4n) is 3.04. The lowest BCUT2D eigenvalue weighted by Gasteiger charge is -2.23. The van der Waals surface area contributed by atoms with E-state index >= 15 is 0 Å². The number of hydrogen-bond acceptors (Lipinski definition) is 4. The number of anilines is 1. The number of nitrogens with zero attached hydrogens (tertiary/aromatic N) is 2. The third-order valence-electron chi connectivity index (χ3n) is 4.94. The van der Waals surface area contributed by atoms with Gasteiger partial charge in [-0.2, -0.15) is 5.10 Å². The molecule has 0 aliphatic carbocycles. The maximum Gasteiger partial charge on any atom is 0.411 e. The molecule has 2 rings (SSSR count). The van der Waals surface area contributed by atoms with Crippen LogP contribution in [0.4, 0.5) is 10.5 Å². The fraction of sp³-hybridized carbons (Fsp3) is 0.583. The van der Waals surface area contributed by atoms with E-state index in [1.807, 2.05) is 28.9 Å². The summed E-state index contributed by atoms with van der Waals surface area (Å²) in [4.78, 5) is 12.5. The molecule has 0 saturated heterocycles. The summed E-state index contributed by atoms with van der Waals surface area (Å²) in [6.07, 6.45) is 0.212. The standard InChI is InChI=1S/C24H37N3O3/c1-8-13-29-20-11-9-19(10-12-20)25-24(28)30-23(18(6)7)15-27-22(17(4)5)14-21(26-27)16(2)3/h9-12,14,16-18,23H,8,13,15H2,1-7H3,(H,25,28)/t23-/m0/s1. The molecular formula is C24H37N3O3. The van der Waals surface area contributed by atoms with E-state index in [-0.39, 0.29) is 12.0 Å². The van der Waals surface area contributed by atoms with Crippen molar-refractivity contribution in [2.75, 3.05) is 11.9 Å². The largest absolute Gasteiger partial charge is 0.494 e. The molecule has 2 aromatic rings. The van der Waals surface area contributed by atoms with Crippen LogP contribution in [-0.4, -0.2) is 28.6 Å². The molecule has 1 aromatic heterocycles. The third-order valence-corrected chi connectivity index (χ3v) is 4.94. The number of carbonyl (C=O) groups is 1. The van der Waals surface area contributed by atoms with E-state index in [0.29, 0.717) is 30.7 Å². The van der Waals surface area contributed by atoms with Crippen LogP contribution in [0.5, 0.6) is 5.75 Å². The Hall–Kier alpha value is -2.50. The van der Waals surface area contributed by atoms with Gasteiger partial charge in [-0.25, -0.2) is 4.79 Å². The Morgan fingerprint density at radius 1 is 1.07 bits per heavy atom. The van der Waals surface area contributed by atoms with E-state index < -0.39 is 6.09 Å². The van der Waals surface area contributed by atoms with Crippen molar-refractivity contribution in [2.24, 2.45) is 5.92 Å². The zero-order chi connectivity index (χ0) is 22.3. The van der Waals surface area contributed by atoms with Gasteiger partial charge in [0.2, 0.25) is 0 Å². The van der Waals surface area contributed by atoms with Crippen LogP contribution in [0.25, 0.3) is 0 Å². The predicted molar refractivity (Wildman–Crippen MR) is 121 cm³/mol. The average molecular weight is 416 g/mol. The number of amides is 1. The highest BCUT2D eigenvalue weighted by Gasteiger charge is 2.23. The first kappa shape index (κ1) is 23.8. The summed E-state index contributed by atoms with van der Waals surface area (Å²) < 4.78 is 13.3. The maximum atomic E-state index is 12.5. The summed E-state index contributed by atoms with van der Waals surface area (Å²) in [5, 5.41) is 7.58. The van der Waals surface area contributed by atoms with Crippen LogP contribution < -0.4 is 10.1 Å². The molecule has 0 radical (unpaired) electrons. The molecule has 6 heteroatoms. The zero-order valence-electron chi connectivity index (χ0n) is 19.4. The molecule has 1 heterocycles. The molecule has 30 heavy (non-hydrogen) atoms. The molecule has 1 amide bonds. The molecule has 1 atom stereocenters. The van der Waals surface area contributed by atoms with E-state index in [1.165, 1.54) is 0 Å². The molecule has 0 spiro atoms. The van der Waals surface area contributed by atoms with Crippen LogP contribution in [0.2, 0.25) is 0 Å². The summed E-state index contributed by atoms with van der Waals surface area (Å²) >= 11 is 0. The van der Waals surface area contributed by atoms with Crippen LogP contribution in [0.1, 0.15) is 78.1 Å². The van der Waals surface area contributed by atoms with E-state index in [4.69, 9.17) is 14.6 Å². The lowest BCUT2D eigenvalue weighted by molar-refractivity contribution is 0.0672. The Bertz CT molecular complexity index is 795. The number of aromatic nitrogens is 2. The van der Waals surface area contributed by atoms with Crippen LogP contribution in [0.15, 0.2) is 30.3 Å². The number of rotatable bonds is 10. The van der Waals surface area contributed by atoms with Crippen LogP contribution >= 0.6 is 0 Å². The fourth-order valence-corrected chi connectivity index (χ4v) is 3.04. The first-order chi connectivity index (χ1) is 14.2. The van der Waals surface area contributed by atoms with Crippen molar-refractivity contribution in [3.8, 4) is 5.75 Å². The number of ether oxygens (including phenoxy) is 2. The molecule has 0 unspecified atom stereocenters. The van der Waals surface area contributed by atoms with E-state index in [9.17, 15) is 4.79 Å². The second kappa shape index (κ2) is 11.0. The topological polar surface area (TPSA) is 65.4 Å². The molecule has 0 aliphatic heterocycles. The third kappa shape index (κ3) is 6.78. The van der Waals surface area contributed by atoms with Gasteiger partial charge in [0.1, 0.15) is 11.9 Å². The second-order valence-corrected chi connectivity index (χ2v) is 8.67. The summed E-state index contributed by atoms with van der Waals surface area (Å²) in [5.41, 5.74) is 2.91. The monoisotopic (exact) mass is 415 g/mol. The summed E-state index contributed by atoms with van der Waals surface area (Å²) in [5.74, 6) is 1.65. The van der Waals surface area contributed by atoms with Crippen LogP contribution in [0, 0.1) is 5.92 Å². The van der Waals surface area contributed by atoms with Crippen molar-refractivity contribution < 1.29 is 14.3 Å². The Morgan fingerprint density at radius 3 is 2.27 bits per heavy atom. The molecule has 166 valence electrons. The first-order valence-electron chi connectivity index (χ1n) is 11.0. The van der Waals surface area contributed by atoms with Crippen LogP contribution in [-0.2, 0) is 11.3 Å². The first-order valence-corrected chi connectivity index (χ1v) is 11.0. The van der Waals surface area contributed by atoms with Gasteiger partial charge < -0.3 is 9.47 Å². The summed E-state index contributed by atoms with van der Waals surface area (Å²) in [6, 6.07) is 9.48. The maximum absolute atomic E-state index is 12.5. The molecule has 0 saturated carbocycles. The molecule has 6 nitrogen and oxygen atoms in total. The highest BCUT2D eigenvalue weighted by molar-refractivity contribution is 5.84. The Balaban J connectivity index is 2.04. The molecule has 1 N–H and O–H groups in total. The highest BCUT2D eigenvalue weighted by atomic mass is 16.6. The highest BCUT2D eigenvalue weighted by Crippen LogP contribution is 2.23. The minimum Gasteiger partial charge on any atom is -0.494 e. The Kier molecular flexibility index (Phi) is 8.75. The lowest BCUT2D eigenvalue weighted by Crippen LogP contribution is -2.31. The van der Waals surface area contributed by atoms with Gasteiger partial charge in [-0.15, -0.1) is 0 Å². The van der Waals surface area contributed by atoms with Crippen molar-refractivity contribution in [2.45, 2.75) is 79.4 Å².